The number of halogens is 2. The van der Waals surface area contributed by atoms with Crippen molar-refractivity contribution in [1.29, 1.82) is 5.26 Å². The number of alkyl halides is 2. The smallest absolute Gasteiger partial charge is 0.387 e. The van der Waals surface area contributed by atoms with Gasteiger partial charge in [-0.05, 0) is 12.1 Å². The highest BCUT2D eigenvalue weighted by atomic mass is 19.3. The summed E-state index contributed by atoms with van der Waals surface area (Å²) in [5.74, 6) is -1.71. The number of benzene rings is 1. The standard InChI is InChI=1S/C15H14F2N2O5/c1-8(2)14(20)10(7-18)4-9-5-12(23-3)13(24-15(16)17)6-11(9)19(21)22/h4-6,8,15H,1-3H3/b10-4+. The molecule has 0 unspecified atom stereocenters. The highest BCUT2D eigenvalue weighted by Crippen LogP contribution is 2.36. The van der Waals surface area contributed by atoms with Crippen LogP contribution in [0, 0.1) is 27.4 Å². The number of hydrogen-bond acceptors (Lipinski definition) is 6. The van der Waals surface area contributed by atoms with E-state index in [-0.39, 0.29) is 16.9 Å². The number of nitro benzene ring substituents is 1. The maximum absolute atomic E-state index is 12.4. The Morgan fingerprint density at radius 2 is 2.00 bits per heavy atom. The minimum atomic E-state index is -3.20. The molecule has 0 spiro atoms. The molecule has 7 nitrogen and oxygen atoms in total. The maximum Gasteiger partial charge on any atom is 0.387 e. The number of rotatable bonds is 7. The molecule has 0 heterocycles. The van der Waals surface area contributed by atoms with E-state index in [1.807, 2.05) is 0 Å². The number of ketones is 1. The molecule has 0 atom stereocenters. The number of methoxy groups -OCH3 is 1. The molecule has 24 heavy (non-hydrogen) atoms. The van der Waals surface area contributed by atoms with Crippen molar-refractivity contribution in [3.05, 3.63) is 33.4 Å². The molecule has 0 amide bonds. The first-order chi connectivity index (χ1) is 11.2. The average molecular weight is 340 g/mol. The summed E-state index contributed by atoms with van der Waals surface area (Å²) in [5, 5.41) is 20.2. The van der Waals surface area contributed by atoms with Gasteiger partial charge in [0.25, 0.3) is 5.69 Å². The van der Waals surface area contributed by atoms with Gasteiger partial charge in [0, 0.05) is 5.92 Å². The van der Waals surface area contributed by atoms with Gasteiger partial charge in [-0.1, -0.05) is 13.8 Å². The van der Waals surface area contributed by atoms with Gasteiger partial charge in [-0.3, -0.25) is 14.9 Å². The Labute approximate surface area is 136 Å². The molecule has 128 valence electrons. The van der Waals surface area contributed by atoms with Crippen LogP contribution in [-0.4, -0.2) is 24.4 Å². The van der Waals surface area contributed by atoms with Gasteiger partial charge in [0.2, 0.25) is 0 Å². The first kappa shape index (κ1) is 19.0. The molecule has 0 aliphatic heterocycles. The fourth-order valence-electron chi connectivity index (χ4n) is 1.81. The Morgan fingerprint density at radius 1 is 1.38 bits per heavy atom. The van der Waals surface area contributed by atoms with Crippen LogP contribution in [-0.2, 0) is 4.79 Å². The molecule has 1 aromatic carbocycles. The number of hydrogen-bond donors (Lipinski definition) is 0. The molecule has 0 fully saturated rings. The number of nitrogens with zero attached hydrogens (tertiary/aromatic N) is 2. The van der Waals surface area contributed by atoms with Crippen LogP contribution in [0.15, 0.2) is 17.7 Å². The normalized spacial score (nSPS) is 11.3. The maximum atomic E-state index is 12.4. The van der Waals surface area contributed by atoms with Crippen molar-refractivity contribution in [2.24, 2.45) is 5.92 Å². The molecule has 0 saturated heterocycles. The number of carbonyl (C=O) groups excluding carboxylic acids is 1. The van der Waals surface area contributed by atoms with Gasteiger partial charge >= 0.3 is 6.61 Å². The summed E-state index contributed by atoms with van der Waals surface area (Å²) in [6, 6.07) is 3.49. The second-order valence-corrected chi connectivity index (χ2v) is 4.89. The molecular weight excluding hydrogens is 326 g/mol. The van der Waals surface area contributed by atoms with Crippen LogP contribution in [0.2, 0.25) is 0 Å². The third-order valence-electron chi connectivity index (χ3n) is 2.94. The van der Waals surface area contributed by atoms with Crippen LogP contribution >= 0.6 is 0 Å². The van der Waals surface area contributed by atoms with Gasteiger partial charge in [0.1, 0.15) is 6.07 Å². The summed E-state index contributed by atoms with van der Waals surface area (Å²) in [4.78, 5) is 22.2. The van der Waals surface area contributed by atoms with E-state index in [1.54, 1.807) is 19.9 Å². The minimum absolute atomic E-state index is 0.135. The minimum Gasteiger partial charge on any atom is -0.493 e. The van der Waals surface area contributed by atoms with E-state index in [9.17, 15) is 23.7 Å². The van der Waals surface area contributed by atoms with E-state index in [0.717, 1.165) is 25.3 Å². The van der Waals surface area contributed by atoms with E-state index in [2.05, 4.69) is 4.74 Å². The van der Waals surface area contributed by atoms with E-state index >= 15 is 0 Å². The largest absolute Gasteiger partial charge is 0.493 e. The molecule has 0 aliphatic rings. The lowest BCUT2D eigenvalue weighted by molar-refractivity contribution is -0.385. The van der Waals surface area contributed by atoms with Crippen molar-refractivity contribution in [2.75, 3.05) is 7.11 Å². The van der Waals surface area contributed by atoms with Crippen molar-refractivity contribution in [2.45, 2.75) is 20.5 Å². The summed E-state index contributed by atoms with van der Waals surface area (Å²) in [5.41, 5.74) is -1.03. The molecular formula is C15H14F2N2O5. The molecule has 0 saturated carbocycles. The van der Waals surface area contributed by atoms with Crippen molar-refractivity contribution < 1.29 is 28.0 Å². The Balaban J connectivity index is 3.54. The van der Waals surface area contributed by atoms with Crippen LogP contribution in [0.5, 0.6) is 11.5 Å². The molecule has 0 radical (unpaired) electrons. The number of carbonyl (C=O) groups is 1. The molecule has 1 rings (SSSR count). The van der Waals surface area contributed by atoms with Crippen LogP contribution < -0.4 is 9.47 Å². The predicted octanol–water partition coefficient (Wildman–Crippen LogP) is 3.34. The lowest BCUT2D eigenvalue weighted by Gasteiger charge is -2.11. The summed E-state index contributed by atoms with van der Waals surface area (Å²) < 4.78 is 33.8. The zero-order valence-corrected chi connectivity index (χ0v) is 13.1. The Hall–Kier alpha value is -3.02. The number of ether oxygens (including phenoxy) is 2. The van der Waals surface area contributed by atoms with E-state index in [1.165, 1.54) is 0 Å². The quantitative estimate of drug-likeness (QED) is 0.326. The highest BCUT2D eigenvalue weighted by molar-refractivity contribution is 6.04. The second kappa shape index (κ2) is 8.01. The molecule has 0 bridgehead atoms. The predicted molar refractivity (Wildman–Crippen MR) is 79.7 cm³/mol. The summed E-state index contributed by atoms with van der Waals surface area (Å²) in [7, 11) is 1.16. The van der Waals surface area contributed by atoms with Gasteiger partial charge in [-0.2, -0.15) is 14.0 Å². The third kappa shape index (κ3) is 4.49. The Kier molecular flexibility index (Phi) is 6.35. The third-order valence-corrected chi connectivity index (χ3v) is 2.94. The second-order valence-electron chi connectivity index (χ2n) is 4.89. The van der Waals surface area contributed by atoms with E-state index in [0.29, 0.717) is 0 Å². The van der Waals surface area contributed by atoms with Crippen molar-refractivity contribution in [1.82, 2.24) is 0 Å². The van der Waals surface area contributed by atoms with Crippen LogP contribution in [0.3, 0.4) is 0 Å². The summed E-state index contributed by atoms with van der Waals surface area (Å²) >= 11 is 0. The highest BCUT2D eigenvalue weighted by Gasteiger charge is 2.22. The van der Waals surface area contributed by atoms with Crippen LogP contribution in [0.25, 0.3) is 6.08 Å². The van der Waals surface area contributed by atoms with Crippen molar-refractivity contribution in [3.63, 3.8) is 0 Å². The zero-order chi connectivity index (χ0) is 18.4. The van der Waals surface area contributed by atoms with Gasteiger partial charge in [0.05, 0.1) is 29.2 Å². The lowest BCUT2D eigenvalue weighted by Crippen LogP contribution is -2.09. The molecule has 0 aromatic heterocycles. The first-order valence-electron chi connectivity index (χ1n) is 6.68. The van der Waals surface area contributed by atoms with Gasteiger partial charge in [-0.25, -0.2) is 0 Å². The average Bonchev–Trinajstić information content (AvgIpc) is 2.51. The zero-order valence-electron chi connectivity index (χ0n) is 13.1. The summed E-state index contributed by atoms with van der Waals surface area (Å²) in [6.45, 7) is -0.0541. The Morgan fingerprint density at radius 3 is 2.42 bits per heavy atom. The van der Waals surface area contributed by atoms with Crippen LogP contribution in [0.4, 0.5) is 14.5 Å². The molecule has 1 aromatic rings. The van der Waals surface area contributed by atoms with Crippen molar-refractivity contribution >= 4 is 17.5 Å². The molecule has 0 N–H and O–H groups in total. The molecule has 0 aliphatic carbocycles. The van der Waals surface area contributed by atoms with Gasteiger partial charge in [0.15, 0.2) is 17.3 Å². The fraction of sp³-hybridized carbons (Fsp3) is 0.333. The van der Waals surface area contributed by atoms with Crippen LogP contribution in [0.1, 0.15) is 19.4 Å². The summed E-state index contributed by atoms with van der Waals surface area (Å²) in [6.07, 6.45) is 1.02. The number of nitro groups is 1. The monoisotopic (exact) mass is 340 g/mol. The Bertz CT molecular complexity index is 723. The van der Waals surface area contributed by atoms with Crippen molar-refractivity contribution in [3.8, 4) is 17.6 Å². The number of allylic oxidation sites excluding steroid dienone is 1. The topological polar surface area (TPSA) is 102 Å². The molecule has 9 heteroatoms. The van der Waals surface area contributed by atoms with Gasteiger partial charge < -0.3 is 9.47 Å². The number of nitriles is 1. The number of Topliss-reactive ketones (excluding diaryl/α,β-unsaturated/α-hetero) is 1. The van der Waals surface area contributed by atoms with E-state index < -0.39 is 34.7 Å². The fourth-order valence-corrected chi connectivity index (χ4v) is 1.81. The first-order valence-corrected chi connectivity index (χ1v) is 6.68. The van der Waals surface area contributed by atoms with E-state index in [4.69, 9.17) is 10.00 Å². The van der Waals surface area contributed by atoms with Gasteiger partial charge in [-0.15, -0.1) is 0 Å². The lowest BCUT2D eigenvalue weighted by atomic mass is 9.99. The SMILES string of the molecule is COc1cc(/C=C(\C#N)C(=O)C(C)C)c([N+](=O)[O-])cc1OC(F)F.